The van der Waals surface area contributed by atoms with E-state index in [2.05, 4.69) is 0 Å². The number of rotatable bonds is 5. The molecule has 0 saturated heterocycles. The Bertz CT molecular complexity index is 362. The van der Waals surface area contributed by atoms with Gasteiger partial charge < -0.3 is 10.0 Å². The molecule has 0 radical (unpaired) electrons. The first-order chi connectivity index (χ1) is 8.51. The van der Waals surface area contributed by atoms with Gasteiger partial charge in [-0.1, -0.05) is 6.92 Å². The zero-order valence-electron chi connectivity index (χ0n) is 10.9. The van der Waals surface area contributed by atoms with E-state index in [0.717, 1.165) is 0 Å². The van der Waals surface area contributed by atoms with Crippen LogP contribution >= 0.6 is 0 Å². The Hall–Kier alpha value is -1.57. The van der Waals surface area contributed by atoms with Crippen molar-refractivity contribution < 1.29 is 14.7 Å². The van der Waals surface area contributed by atoms with Crippen LogP contribution < -0.4 is 0 Å². The molecule has 0 bridgehead atoms. The number of hydrogen-bond acceptors (Lipinski definition) is 3. The van der Waals surface area contributed by atoms with Crippen LogP contribution in [0.4, 0.5) is 0 Å². The summed E-state index contributed by atoms with van der Waals surface area (Å²) in [6, 6.07) is 2.01. The highest BCUT2D eigenvalue weighted by atomic mass is 16.4. The minimum absolute atomic E-state index is 0.107. The molecule has 1 saturated carbocycles. The number of nitrogens with zero attached hydrogens (tertiary/aromatic N) is 2. The maximum absolute atomic E-state index is 12.3. The Morgan fingerprint density at radius 3 is 2.50 bits per heavy atom. The molecule has 100 valence electrons. The standard InChI is InChI=1S/C13H20N2O3/c1-3-15(6-4-5-14)12(16)10-7-9(2)8-11(10)13(17)18/h9-11H,3-4,6-8H2,1-2H3,(H,17,18)/t9?,10-,11+/m0/s1. The Morgan fingerprint density at radius 1 is 1.39 bits per heavy atom. The van der Waals surface area contributed by atoms with Gasteiger partial charge in [0, 0.05) is 13.1 Å². The van der Waals surface area contributed by atoms with Crippen molar-refractivity contribution in [2.45, 2.75) is 33.1 Å². The van der Waals surface area contributed by atoms with Gasteiger partial charge in [-0.05, 0) is 25.7 Å². The second-order valence-electron chi connectivity index (χ2n) is 4.95. The van der Waals surface area contributed by atoms with E-state index in [1.54, 1.807) is 4.90 Å². The average Bonchev–Trinajstić information content (AvgIpc) is 2.72. The molecule has 1 aliphatic rings. The van der Waals surface area contributed by atoms with E-state index in [0.29, 0.717) is 32.4 Å². The number of hydrogen-bond donors (Lipinski definition) is 1. The summed E-state index contributed by atoms with van der Waals surface area (Å²) in [5.74, 6) is -1.70. The molecule has 18 heavy (non-hydrogen) atoms. The van der Waals surface area contributed by atoms with Crippen molar-refractivity contribution in [1.29, 1.82) is 5.26 Å². The molecule has 1 unspecified atom stereocenters. The lowest BCUT2D eigenvalue weighted by molar-refractivity contribution is -0.149. The second-order valence-corrected chi connectivity index (χ2v) is 4.95. The third-order valence-corrected chi connectivity index (χ3v) is 3.62. The quantitative estimate of drug-likeness (QED) is 0.803. The maximum Gasteiger partial charge on any atom is 0.307 e. The highest BCUT2D eigenvalue weighted by Gasteiger charge is 2.42. The number of amides is 1. The van der Waals surface area contributed by atoms with Crippen LogP contribution in [0.5, 0.6) is 0 Å². The minimum Gasteiger partial charge on any atom is -0.481 e. The van der Waals surface area contributed by atoms with Gasteiger partial charge in [-0.25, -0.2) is 0 Å². The smallest absolute Gasteiger partial charge is 0.307 e. The van der Waals surface area contributed by atoms with Crippen LogP contribution in [0.1, 0.15) is 33.1 Å². The van der Waals surface area contributed by atoms with Gasteiger partial charge in [0.05, 0.1) is 24.3 Å². The van der Waals surface area contributed by atoms with Crippen LogP contribution in [0, 0.1) is 29.1 Å². The minimum atomic E-state index is -0.881. The molecular formula is C13H20N2O3. The first-order valence-electron chi connectivity index (χ1n) is 6.39. The molecule has 5 heteroatoms. The van der Waals surface area contributed by atoms with E-state index in [9.17, 15) is 9.59 Å². The average molecular weight is 252 g/mol. The summed E-state index contributed by atoms with van der Waals surface area (Å²) >= 11 is 0. The molecule has 1 aliphatic carbocycles. The van der Waals surface area contributed by atoms with E-state index < -0.39 is 17.8 Å². The molecule has 1 N–H and O–H groups in total. The Balaban J connectivity index is 2.74. The summed E-state index contributed by atoms with van der Waals surface area (Å²) in [5, 5.41) is 17.7. The lowest BCUT2D eigenvalue weighted by atomic mass is 9.94. The number of carboxylic acid groups (broad SMARTS) is 1. The molecule has 0 aromatic heterocycles. The molecule has 0 aromatic rings. The molecule has 0 spiro atoms. The van der Waals surface area contributed by atoms with Crippen LogP contribution in [0.25, 0.3) is 0 Å². The summed E-state index contributed by atoms with van der Waals surface area (Å²) in [6.07, 6.45) is 1.50. The molecule has 5 nitrogen and oxygen atoms in total. The summed E-state index contributed by atoms with van der Waals surface area (Å²) in [4.78, 5) is 25.1. The Kier molecular flexibility index (Phi) is 5.14. The molecule has 0 heterocycles. The predicted molar refractivity (Wildman–Crippen MR) is 65.5 cm³/mol. The van der Waals surface area contributed by atoms with Crippen LogP contribution in [-0.4, -0.2) is 35.0 Å². The highest BCUT2D eigenvalue weighted by molar-refractivity contribution is 5.85. The molecule has 0 aliphatic heterocycles. The van der Waals surface area contributed by atoms with E-state index in [1.807, 2.05) is 19.9 Å². The number of nitriles is 1. The second kappa shape index (κ2) is 6.39. The third kappa shape index (κ3) is 3.22. The number of carboxylic acids is 1. The van der Waals surface area contributed by atoms with Gasteiger partial charge in [0.1, 0.15) is 0 Å². The fourth-order valence-electron chi connectivity index (χ4n) is 2.68. The fraction of sp³-hybridized carbons (Fsp3) is 0.769. The van der Waals surface area contributed by atoms with Gasteiger partial charge in [-0.3, -0.25) is 9.59 Å². The van der Waals surface area contributed by atoms with Gasteiger partial charge >= 0.3 is 5.97 Å². The molecule has 1 rings (SSSR count). The number of aliphatic carboxylic acids is 1. The summed E-state index contributed by atoms with van der Waals surface area (Å²) in [6.45, 7) is 4.75. The van der Waals surface area contributed by atoms with Crippen molar-refractivity contribution in [3.63, 3.8) is 0 Å². The van der Waals surface area contributed by atoms with Crippen LogP contribution in [0.2, 0.25) is 0 Å². The van der Waals surface area contributed by atoms with Crippen molar-refractivity contribution >= 4 is 11.9 Å². The Morgan fingerprint density at radius 2 is 2.00 bits per heavy atom. The van der Waals surface area contributed by atoms with Gasteiger partial charge in [0.25, 0.3) is 0 Å². The van der Waals surface area contributed by atoms with Crippen LogP contribution in [0.15, 0.2) is 0 Å². The SMILES string of the molecule is CCN(CCC#N)C(=O)[C@H]1CC(C)C[C@H]1C(=O)O. The predicted octanol–water partition coefficient (Wildman–Crippen LogP) is 1.50. The zero-order chi connectivity index (χ0) is 13.7. The maximum atomic E-state index is 12.3. The zero-order valence-corrected chi connectivity index (χ0v) is 10.9. The molecule has 3 atom stereocenters. The van der Waals surface area contributed by atoms with Crippen LogP contribution in [-0.2, 0) is 9.59 Å². The fourth-order valence-corrected chi connectivity index (χ4v) is 2.68. The van der Waals surface area contributed by atoms with Crippen LogP contribution in [0.3, 0.4) is 0 Å². The molecular weight excluding hydrogens is 232 g/mol. The van der Waals surface area contributed by atoms with Gasteiger partial charge in [0.2, 0.25) is 5.91 Å². The summed E-state index contributed by atoms with van der Waals surface area (Å²) in [5.41, 5.74) is 0. The summed E-state index contributed by atoms with van der Waals surface area (Å²) < 4.78 is 0. The monoisotopic (exact) mass is 252 g/mol. The van der Waals surface area contributed by atoms with E-state index in [1.165, 1.54) is 0 Å². The molecule has 0 aromatic carbocycles. The summed E-state index contributed by atoms with van der Waals surface area (Å²) in [7, 11) is 0. The number of carbonyl (C=O) groups excluding carboxylic acids is 1. The lowest BCUT2D eigenvalue weighted by Crippen LogP contribution is -2.39. The Labute approximate surface area is 107 Å². The van der Waals surface area contributed by atoms with Crippen molar-refractivity contribution in [3.05, 3.63) is 0 Å². The highest BCUT2D eigenvalue weighted by Crippen LogP contribution is 2.37. The normalized spacial score (nSPS) is 26.6. The van der Waals surface area contributed by atoms with Gasteiger partial charge in [-0.2, -0.15) is 5.26 Å². The van der Waals surface area contributed by atoms with Crippen molar-refractivity contribution in [3.8, 4) is 6.07 Å². The van der Waals surface area contributed by atoms with Crippen molar-refractivity contribution in [2.75, 3.05) is 13.1 Å². The van der Waals surface area contributed by atoms with E-state index in [4.69, 9.17) is 10.4 Å². The van der Waals surface area contributed by atoms with Gasteiger partial charge in [-0.15, -0.1) is 0 Å². The molecule has 1 amide bonds. The first kappa shape index (κ1) is 14.5. The first-order valence-corrected chi connectivity index (χ1v) is 6.39. The third-order valence-electron chi connectivity index (χ3n) is 3.62. The van der Waals surface area contributed by atoms with Gasteiger partial charge in [0.15, 0.2) is 0 Å². The van der Waals surface area contributed by atoms with E-state index >= 15 is 0 Å². The lowest BCUT2D eigenvalue weighted by Gasteiger charge is -2.25. The number of carbonyl (C=O) groups is 2. The van der Waals surface area contributed by atoms with E-state index in [-0.39, 0.29) is 11.8 Å². The molecule has 1 fully saturated rings. The van der Waals surface area contributed by atoms with Crippen molar-refractivity contribution in [2.24, 2.45) is 17.8 Å². The van der Waals surface area contributed by atoms with Crippen molar-refractivity contribution in [1.82, 2.24) is 4.90 Å². The largest absolute Gasteiger partial charge is 0.481 e. The topological polar surface area (TPSA) is 81.4 Å².